The summed E-state index contributed by atoms with van der Waals surface area (Å²) in [7, 11) is 1.56. The van der Waals surface area contributed by atoms with Crippen LogP contribution in [0.3, 0.4) is 0 Å². The first-order valence-corrected chi connectivity index (χ1v) is 15.9. The lowest BCUT2D eigenvalue weighted by Crippen LogP contribution is -2.45. The second-order valence-electron chi connectivity index (χ2n) is 12.8. The van der Waals surface area contributed by atoms with E-state index in [1.165, 1.54) is 13.8 Å². The summed E-state index contributed by atoms with van der Waals surface area (Å²) in [5, 5.41) is 20.5. The molecule has 2 amide bonds. The van der Waals surface area contributed by atoms with Crippen molar-refractivity contribution >= 4 is 23.2 Å². The van der Waals surface area contributed by atoms with Gasteiger partial charge in [-0.05, 0) is 68.3 Å². The molecule has 0 unspecified atom stereocenters. The van der Waals surface area contributed by atoms with E-state index in [4.69, 9.17) is 9.47 Å². The van der Waals surface area contributed by atoms with Gasteiger partial charge in [-0.2, -0.15) is 0 Å². The first-order chi connectivity index (χ1) is 22.5. The molecule has 2 aliphatic rings. The zero-order valence-electron chi connectivity index (χ0n) is 27.0. The van der Waals surface area contributed by atoms with Gasteiger partial charge in [-0.1, -0.05) is 42.5 Å². The highest BCUT2D eigenvalue weighted by Gasteiger charge is 2.66. The van der Waals surface area contributed by atoms with Gasteiger partial charge >= 0.3 is 0 Å². The molecular weight excluding hydrogens is 601 g/mol. The Balaban J connectivity index is 1.37. The predicted molar refractivity (Wildman–Crippen MR) is 175 cm³/mol. The van der Waals surface area contributed by atoms with Crippen molar-refractivity contribution in [2.24, 2.45) is 11.8 Å². The normalized spacial score (nSPS) is 22.1. The molecule has 1 spiro atoms. The molecule has 47 heavy (non-hydrogen) atoms. The fourth-order valence-electron chi connectivity index (χ4n) is 7.20. The molecule has 2 aliphatic heterocycles. The number of ether oxygens (including phenoxy) is 2. The van der Waals surface area contributed by atoms with Crippen molar-refractivity contribution in [3.05, 3.63) is 101 Å². The molecule has 10 nitrogen and oxygen atoms in total. The van der Waals surface area contributed by atoms with Crippen LogP contribution in [-0.4, -0.2) is 57.4 Å². The molecule has 246 valence electrons. The molecule has 1 fully saturated rings. The van der Waals surface area contributed by atoms with Gasteiger partial charge < -0.3 is 24.8 Å². The van der Waals surface area contributed by atoms with Crippen LogP contribution in [0.2, 0.25) is 0 Å². The number of aryl methyl sites for hydroxylation is 1. The van der Waals surface area contributed by atoms with Crippen molar-refractivity contribution in [1.82, 2.24) is 15.0 Å². The summed E-state index contributed by atoms with van der Waals surface area (Å²) in [6.45, 7) is 5.62. The van der Waals surface area contributed by atoms with E-state index in [0.717, 1.165) is 5.56 Å². The number of methoxy groups -OCH3 is 1. The number of aliphatic hydroxyl groups excluding tert-OH is 1. The first kappa shape index (κ1) is 32.3. The summed E-state index contributed by atoms with van der Waals surface area (Å²) in [5.74, 6) is -1.12. The van der Waals surface area contributed by atoms with E-state index in [1.807, 2.05) is 43.3 Å². The van der Waals surface area contributed by atoms with Crippen LogP contribution >= 0.6 is 0 Å². The Morgan fingerprint density at radius 3 is 2.55 bits per heavy atom. The Bertz CT molecular complexity index is 1740. The second-order valence-corrected chi connectivity index (χ2v) is 12.8. The summed E-state index contributed by atoms with van der Waals surface area (Å²) in [5.41, 5.74) is 0.647. The number of aromatic nitrogens is 3. The highest BCUT2D eigenvalue weighted by atomic mass is 19.1. The molecule has 4 atom stereocenters. The number of amides is 2. The van der Waals surface area contributed by atoms with E-state index >= 15 is 4.39 Å². The molecule has 11 heteroatoms. The lowest BCUT2D eigenvalue weighted by Gasteiger charge is -2.32. The summed E-state index contributed by atoms with van der Waals surface area (Å²) in [6.07, 6.45) is 1.91. The van der Waals surface area contributed by atoms with Crippen molar-refractivity contribution in [2.45, 2.75) is 64.1 Å². The van der Waals surface area contributed by atoms with E-state index in [2.05, 4.69) is 15.6 Å². The topological polar surface area (TPSA) is 119 Å². The number of nitrogens with one attached hydrogen (secondary N) is 1. The third-order valence-electron chi connectivity index (χ3n) is 9.35. The number of carbonyl (C=O) groups excluding carboxylic acids is 2. The number of benzene rings is 3. The molecule has 4 aromatic rings. The molecule has 1 saturated heterocycles. The highest BCUT2D eigenvalue weighted by Crippen LogP contribution is 2.59. The number of carbonyl (C=O) groups is 2. The van der Waals surface area contributed by atoms with E-state index in [-0.39, 0.29) is 18.4 Å². The van der Waals surface area contributed by atoms with E-state index in [9.17, 15) is 14.7 Å². The lowest BCUT2D eigenvalue weighted by atomic mass is 9.71. The van der Waals surface area contributed by atoms with Crippen LogP contribution in [0, 0.1) is 11.8 Å². The van der Waals surface area contributed by atoms with Gasteiger partial charge in [0.15, 0.2) is 5.60 Å². The van der Waals surface area contributed by atoms with E-state index < -0.39 is 29.2 Å². The minimum atomic E-state index is -1.68. The number of rotatable bonds is 11. The monoisotopic (exact) mass is 641 g/mol. The highest BCUT2D eigenvalue weighted by molar-refractivity contribution is 6.09. The fourth-order valence-corrected chi connectivity index (χ4v) is 7.20. The zero-order chi connectivity index (χ0) is 33.3. The minimum absolute atomic E-state index is 0.0356. The number of aliphatic hydroxyl groups is 1. The van der Waals surface area contributed by atoms with Gasteiger partial charge in [0, 0.05) is 54.4 Å². The van der Waals surface area contributed by atoms with Crippen LogP contribution in [0.4, 0.5) is 15.8 Å². The van der Waals surface area contributed by atoms with Gasteiger partial charge in [-0.15, -0.1) is 5.10 Å². The Kier molecular flexibility index (Phi) is 8.86. The zero-order valence-corrected chi connectivity index (χ0v) is 27.0. The van der Waals surface area contributed by atoms with Gasteiger partial charge in [-0.3, -0.25) is 14.3 Å². The lowest BCUT2D eigenvalue weighted by molar-refractivity contribution is -0.146. The molecule has 0 aliphatic carbocycles. The average Bonchev–Trinajstić information content (AvgIpc) is 3.70. The Morgan fingerprint density at radius 1 is 1.13 bits per heavy atom. The number of nitrogens with zero attached hydrogens (tertiary/aromatic N) is 4. The minimum Gasteiger partial charge on any atom is -0.497 e. The standard InChI is InChI=1S/C36H40FN5O5/c1-23-32(35(2,3)37)31(16-18-41-22-27(17-19-43)39-40-41)47-36(23)29-20-26(38-33(44)25-10-13-28(46-4)14-11-25)12-15-30(29)42(34(36)45)21-24-8-6-5-7-9-24/h5-15,20,22-23,31-32,43H,16-19,21H2,1-4H3,(H,38,44)/t23-,31+,32-,36+/m0/s1. The van der Waals surface area contributed by atoms with Gasteiger partial charge in [0.05, 0.1) is 31.1 Å². The van der Waals surface area contributed by atoms with Gasteiger partial charge in [0.2, 0.25) is 0 Å². The molecule has 3 heterocycles. The number of hydrogen-bond donors (Lipinski definition) is 2. The fraction of sp³-hybridized carbons (Fsp3) is 0.389. The number of alkyl halides is 1. The van der Waals surface area contributed by atoms with Gasteiger partial charge in [0.1, 0.15) is 11.4 Å². The molecular formula is C36H40FN5O5. The van der Waals surface area contributed by atoms with Crippen LogP contribution in [0.15, 0.2) is 79.0 Å². The Morgan fingerprint density at radius 2 is 1.87 bits per heavy atom. The predicted octanol–water partition coefficient (Wildman–Crippen LogP) is 5.31. The van der Waals surface area contributed by atoms with Crippen LogP contribution in [0.25, 0.3) is 0 Å². The summed E-state index contributed by atoms with van der Waals surface area (Å²) in [4.78, 5) is 29.6. The number of hydrogen-bond acceptors (Lipinski definition) is 7. The molecule has 3 aromatic carbocycles. The molecule has 0 radical (unpaired) electrons. The van der Waals surface area contributed by atoms with Crippen molar-refractivity contribution in [1.29, 1.82) is 0 Å². The van der Waals surface area contributed by atoms with Crippen LogP contribution in [0.5, 0.6) is 5.75 Å². The maximum absolute atomic E-state index is 16.2. The first-order valence-electron chi connectivity index (χ1n) is 15.9. The summed E-state index contributed by atoms with van der Waals surface area (Å²) < 4.78 is 29.9. The van der Waals surface area contributed by atoms with Crippen LogP contribution < -0.4 is 15.0 Å². The average molecular weight is 642 g/mol. The Labute approximate surface area is 273 Å². The van der Waals surface area contributed by atoms with Gasteiger partial charge in [0.25, 0.3) is 11.8 Å². The molecule has 0 bridgehead atoms. The number of halogens is 1. The van der Waals surface area contributed by atoms with Crippen molar-refractivity contribution in [3.8, 4) is 5.75 Å². The third kappa shape index (κ3) is 6.13. The quantitative estimate of drug-likeness (QED) is 0.228. The SMILES string of the molecule is COc1ccc(C(=O)Nc2ccc3c(c2)[C@@]2(O[C@H](CCn4cc(CCO)nn4)[C@@H](C(C)(C)F)[C@@H]2C)C(=O)N3Cc2ccccc2)cc1. The molecule has 2 N–H and O–H groups in total. The maximum Gasteiger partial charge on any atom is 0.264 e. The van der Waals surface area contributed by atoms with Crippen LogP contribution in [0.1, 0.15) is 54.4 Å². The smallest absolute Gasteiger partial charge is 0.264 e. The summed E-state index contributed by atoms with van der Waals surface area (Å²) >= 11 is 0. The number of anilines is 2. The van der Waals surface area contributed by atoms with E-state index in [1.54, 1.807) is 59.3 Å². The summed E-state index contributed by atoms with van der Waals surface area (Å²) in [6, 6.07) is 21.9. The number of fused-ring (bicyclic) bond motifs is 2. The van der Waals surface area contributed by atoms with E-state index in [0.29, 0.717) is 59.9 Å². The molecule has 1 aromatic heterocycles. The maximum atomic E-state index is 16.2. The molecule has 0 saturated carbocycles. The van der Waals surface area contributed by atoms with Crippen molar-refractivity contribution in [2.75, 3.05) is 23.9 Å². The largest absolute Gasteiger partial charge is 0.497 e. The van der Waals surface area contributed by atoms with Crippen molar-refractivity contribution < 1.29 is 28.6 Å². The second kappa shape index (κ2) is 12.9. The Hall–Kier alpha value is -4.61. The van der Waals surface area contributed by atoms with Crippen molar-refractivity contribution in [3.63, 3.8) is 0 Å². The van der Waals surface area contributed by atoms with Crippen LogP contribution in [-0.2, 0) is 34.6 Å². The van der Waals surface area contributed by atoms with Gasteiger partial charge in [-0.25, -0.2) is 4.39 Å². The molecule has 6 rings (SSSR count). The third-order valence-corrected chi connectivity index (χ3v) is 9.35.